The summed E-state index contributed by atoms with van der Waals surface area (Å²) in [6.07, 6.45) is 4.93. The van der Waals surface area contributed by atoms with Gasteiger partial charge in [-0.2, -0.15) is 5.10 Å². The number of rotatable bonds is 4. The van der Waals surface area contributed by atoms with Crippen molar-refractivity contribution in [3.8, 4) is 0 Å². The van der Waals surface area contributed by atoms with Gasteiger partial charge < -0.3 is 14.7 Å². The Kier molecular flexibility index (Phi) is 4.77. The first kappa shape index (κ1) is 15.0. The third-order valence-corrected chi connectivity index (χ3v) is 3.96. The zero-order chi connectivity index (χ0) is 14.7. The van der Waals surface area contributed by atoms with Crippen molar-refractivity contribution >= 4 is 5.91 Å². The number of aryl methyl sites for hydroxylation is 1. The van der Waals surface area contributed by atoms with Gasteiger partial charge in [-0.1, -0.05) is 0 Å². The summed E-state index contributed by atoms with van der Waals surface area (Å²) in [7, 11) is 5.25. The zero-order valence-corrected chi connectivity index (χ0v) is 12.3. The van der Waals surface area contributed by atoms with Crippen LogP contribution in [-0.4, -0.2) is 52.1 Å². The van der Waals surface area contributed by atoms with Crippen LogP contribution in [0.4, 0.5) is 0 Å². The van der Waals surface area contributed by atoms with E-state index in [1.807, 2.05) is 20.3 Å². The molecule has 0 aromatic carbocycles. The van der Waals surface area contributed by atoms with Gasteiger partial charge in [-0.05, 0) is 19.3 Å². The Morgan fingerprint density at radius 3 is 2.95 bits per heavy atom. The summed E-state index contributed by atoms with van der Waals surface area (Å²) >= 11 is 0. The second-order valence-corrected chi connectivity index (χ2v) is 5.57. The highest BCUT2D eigenvalue weighted by molar-refractivity contribution is 5.78. The quantitative estimate of drug-likeness (QED) is 0.875. The topological polar surface area (TPSA) is 67.6 Å². The van der Waals surface area contributed by atoms with Gasteiger partial charge in [0.05, 0.1) is 18.4 Å². The van der Waals surface area contributed by atoms with Crippen LogP contribution in [0.1, 0.15) is 24.8 Å². The molecule has 1 amide bonds. The number of methoxy groups -OCH3 is 1. The van der Waals surface area contributed by atoms with Crippen LogP contribution in [-0.2, 0) is 23.1 Å². The number of hydrogen-bond acceptors (Lipinski definition) is 4. The molecule has 0 aliphatic heterocycles. The first-order valence-corrected chi connectivity index (χ1v) is 6.94. The second-order valence-electron chi connectivity index (χ2n) is 5.57. The molecule has 0 spiro atoms. The highest BCUT2D eigenvalue weighted by Gasteiger charge is 2.34. The van der Waals surface area contributed by atoms with E-state index in [4.69, 9.17) is 4.74 Å². The SMILES string of the molecule is CO[C@@H]1C[C@H](C(=O)N(C)Cc2cnn(C)c2)CC[C@@H]1O. The first-order valence-electron chi connectivity index (χ1n) is 6.94. The van der Waals surface area contributed by atoms with Crippen molar-refractivity contribution in [2.45, 2.75) is 38.0 Å². The molecule has 2 rings (SSSR count). The number of aliphatic hydroxyl groups is 1. The Morgan fingerprint density at radius 1 is 1.60 bits per heavy atom. The van der Waals surface area contributed by atoms with Crippen LogP contribution in [0.5, 0.6) is 0 Å². The maximum atomic E-state index is 12.4. The van der Waals surface area contributed by atoms with Crippen LogP contribution in [0, 0.1) is 5.92 Å². The molecular weight excluding hydrogens is 258 g/mol. The minimum atomic E-state index is -0.451. The second kappa shape index (κ2) is 6.37. The van der Waals surface area contributed by atoms with Crippen molar-refractivity contribution in [1.29, 1.82) is 0 Å². The molecule has 0 bridgehead atoms. The fourth-order valence-electron chi connectivity index (χ4n) is 2.81. The lowest BCUT2D eigenvalue weighted by atomic mass is 9.84. The first-order chi connectivity index (χ1) is 9.51. The summed E-state index contributed by atoms with van der Waals surface area (Å²) in [6.45, 7) is 0.559. The number of aliphatic hydroxyl groups excluding tert-OH is 1. The molecule has 3 atom stereocenters. The summed E-state index contributed by atoms with van der Waals surface area (Å²) in [5, 5.41) is 13.9. The molecule has 1 aromatic heterocycles. The summed E-state index contributed by atoms with van der Waals surface area (Å²) < 4.78 is 6.98. The average Bonchev–Trinajstić information content (AvgIpc) is 2.83. The highest BCUT2D eigenvalue weighted by atomic mass is 16.5. The zero-order valence-electron chi connectivity index (χ0n) is 12.3. The van der Waals surface area contributed by atoms with Crippen molar-refractivity contribution in [1.82, 2.24) is 14.7 Å². The fraction of sp³-hybridized carbons (Fsp3) is 0.714. The Hall–Kier alpha value is -1.40. The molecular formula is C14H23N3O3. The molecule has 1 N–H and O–H groups in total. The van der Waals surface area contributed by atoms with E-state index in [2.05, 4.69) is 5.10 Å². The molecule has 1 saturated carbocycles. The summed E-state index contributed by atoms with van der Waals surface area (Å²) in [6, 6.07) is 0. The smallest absolute Gasteiger partial charge is 0.225 e. The number of carbonyl (C=O) groups is 1. The Balaban J connectivity index is 1.93. The molecule has 1 fully saturated rings. The van der Waals surface area contributed by atoms with Crippen LogP contribution >= 0.6 is 0 Å². The number of carbonyl (C=O) groups excluding carboxylic acids is 1. The average molecular weight is 281 g/mol. The molecule has 0 saturated heterocycles. The molecule has 1 aliphatic rings. The van der Waals surface area contributed by atoms with Crippen LogP contribution < -0.4 is 0 Å². The Labute approximate surface area is 119 Å². The van der Waals surface area contributed by atoms with E-state index in [0.717, 1.165) is 12.0 Å². The van der Waals surface area contributed by atoms with Crippen molar-refractivity contribution in [2.24, 2.45) is 13.0 Å². The maximum Gasteiger partial charge on any atom is 0.225 e. The van der Waals surface area contributed by atoms with E-state index in [1.54, 1.807) is 22.9 Å². The van der Waals surface area contributed by atoms with Crippen LogP contribution in [0.2, 0.25) is 0 Å². The standard InChI is InChI=1S/C14H23N3O3/c1-16(8-10-7-15-17(2)9-10)14(19)11-4-5-12(18)13(6-11)20-3/h7,9,11-13,18H,4-6,8H2,1-3H3/t11-,12+,13-/m1/s1. The molecule has 0 radical (unpaired) electrons. The van der Waals surface area contributed by atoms with Gasteiger partial charge in [0, 0.05) is 45.4 Å². The number of aromatic nitrogens is 2. The number of hydrogen-bond donors (Lipinski definition) is 1. The summed E-state index contributed by atoms with van der Waals surface area (Å²) in [4.78, 5) is 14.2. The molecule has 6 nitrogen and oxygen atoms in total. The predicted octanol–water partition coefficient (Wildman–Crippen LogP) is 0.554. The van der Waals surface area contributed by atoms with Crippen molar-refractivity contribution < 1.29 is 14.6 Å². The minimum absolute atomic E-state index is 0.0648. The highest BCUT2D eigenvalue weighted by Crippen LogP contribution is 2.28. The lowest BCUT2D eigenvalue weighted by Gasteiger charge is -2.33. The van der Waals surface area contributed by atoms with Gasteiger partial charge in [0.15, 0.2) is 0 Å². The van der Waals surface area contributed by atoms with E-state index in [1.165, 1.54) is 0 Å². The number of amides is 1. The molecule has 1 aromatic rings. The molecule has 0 unspecified atom stereocenters. The van der Waals surface area contributed by atoms with Gasteiger partial charge >= 0.3 is 0 Å². The lowest BCUT2D eigenvalue weighted by Crippen LogP contribution is -2.41. The van der Waals surface area contributed by atoms with Crippen LogP contribution in [0.15, 0.2) is 12.4 Å². The maximum absolute atomic E-state index is 12.4. The predicted molar refractivity (Wildman–Crippen MR) is 73.8 cm³/mol. The van der Waals surface area contributed by atoms with Crippen LogP contribution in [0.3, 0.4) is 0 Å². The largest absolute Gasteiger partial charge is 0.390 e. The van der Waals surface area contributed by atoms with Crippen molar-refractivity contribution in [3.05, 3.63) is 18.0 Å². The van der Waals surface area contributed by atoms with Crippen LogP contribution in [0.25, 0.3) is 0 Å². The summed E-state index contributed by atoms with van der Waals surface area (Å²) in [5.41, 5.74) is 1.02. The van der Waals surface area contributed by atoms with Gasteiger partial charge in [-0.25, -0.2) is 0 Å². The molecule has 1 heterocycles. The third kappa shape index (κ3) is 3.37. The van der Waals surface area contributed by atoms with Gasteiger partial charge in [-0.3, -0.25) is 9.48 Å². The molecule has 6 heteroatoms. The van der Waals surface area contributed by atoms with Gasteiger partial charge in [-0.15, -0.1) is 0 Å². The summed E-state index contributed by atoms with van der Waals surface area (Å²) in [5.74, 6) is 0.0489. The van der Waals surface area contributed by atoms with Crippen molar-refractivity contribution in [2.75, 3.05) is 14.2 Å². The minimum Gasteiger partial charge on any atom is -0.390 e. The Morgan fingerprint density at radius 2 is 2.35 bits per heavy atom. The number of ether oxygens (including phenoxy) is 1. The van der Waals surface area contributed by atoms with E-state index < -0.39 is 6.10 Å². The lowest BCUT2D eigenvalue weighted by molar-refractivity contribution is -0.140. The van der Waals surface area contributed by atoms with E-state index in [-0.39, 0.29) is 17.9 Å². The van der Waals surface area contributed by atoms with Crippen molar-refractivity contribution in [3.63, 3.8) is 0 Å². The molecule has 20 heavy (non-hydrogen) atoms. The molecule has 1 aliphatic carbocycles. The van der Waals surface area contributed by atoms with Gasteiger partial charge in [0.25, 0.3) is 0 Å². The van der Waals surface area contributed by atoms with E-state index >= 15 is 0 Å². The Bertz CT molecular complexity index is 460. The monoisotopic (exact) mass is 281 g/mol. The fourth-order valence-corrected chi connectivity index (χ4v) is 2.81. The number of nitrogens with zero attached hydrogens (tertiary/aromatic N) is 3. The van der Waals surface area contributed by atoms with E-state index in [0.29, 0.717) is 19.4 Å². The molecule has 112 valence electrons. The third-order valence-electron chi connectivity index (χ3n) is 3.96. The van der Waals surface area contributed by atoms with Gasteiger partial charge in [0.2, 0.25) is 5.91 Å². The van der Waals surface area contributed by atoms with E-state index in [9.17, 15) is 9.90 Å². The van der Waals surface area contributed by atoms with Gasteiger partial charge in [0.1, 0.15) is 0 Å². The normalized spacial score (nSPS) is 26.5.